The number of aliphatic hydroxyl groups is 1. The fourth-order valence-electron chi connectivity index (χ4n) is 1.83. The number of ether oxygens (including phenoxy) is 1. The van der Waals surface area contributed by atoms with Crippen LogP contribution in [-0.2, 0) is 0 Å². The summed E-state index contributed by atoms with van der Waals surface area (Å²) in [6.45, 7) is 3.30. The summed E-state index contributed by atoms with van der Waals surface area (Å²) < 4.78 is 5.66. The molecule has 1 aliphatic rings. The summed E-state index contributed by atoms with van der Waals surface area (Å²) >= 11 is 0. The quantitative estimate of drug-likeness (QED) is 0.720. The molecule has 2 atom stereocenters. The minimum absolute atomic E-state index is 0.187. The molecule has 0 amide bonds. The summed E-state index contributed by atoms with van der Waals surface area (Å²) in [4.78, 5) is 0. The monoisotopic (exact) mass is 222 g/mol. The Labute approximate surface area is 95.4 Å². The van der Waals surface area contributed by atoms with Crippen molar-refractivity contribution in [3.63, 3.8) is 0 Å². The largest absolute Gasteiger partial charge is 0.487 e. The molecule has 2 unspecified atom stereocenters. The van der Waals surface area contributed by atoms with Crippen molar-refractivity contribution in [1.82, 2.24) is 0 Å². The van der Waals surface area contributed by atoms with E-state index in [9.17, 15) is 5.11 Å². The summed E-state index contributed by atoms with van der Waals surface area (Å²) in [7, 11) is 0. The molecular weight excluding hydrogens is 204 g/mol. The highest BCUT2D eigenvalue weighted by Gasteiger charge is 2.17. The van der Waals surface area contributed by atoms with Crippen molar-refractivity contribution in [2.75, 3.05) is 18.4 Å². The maximum absolute atomic E-state index is 9.83. The Morgan fingerprint density at radius 1 is 1.62 bits per heavy atom. The molecule has 0 aromatic heterocycles. The lowest BCUT2D eigenvalue weighted by Gasteiger charge is -2.25. The Bertz CT molecular complexity index is 368. The summed E-state index contributed by atoms with van der Waals surface area (Å²) in [6.07, 6.45) is 0.277. The van der Waals surface area contributed by atoms with E-state index in [4.69, 9.17) is 10.5 Å². The van der Waals surface area contributed by atoms with E-state index < -0.39 is 6.10 Å². The first-order chi connectivity index (χ1) is 7.70. The van der Waals surface area contributed by atoms with Crippen molar-refractivity contribution in [2.24, 2.45) is 5.73 Å². The third-order valence-electron chi connectivity index (χ3n) is 2.74. The number of benzene rings is 1. The van der Waals surface area contributed by atoms with Crippen molar-refractivity contribution >= 4 is 5.69 Å². The second-order valence-electron chi connectivity index (χ2n) is 4.16. The number of rotatable bonds is 3. The van der Waals surface area contributed by atoms with Gasteiger partial charge in [-0.3, -0.25) is 0 Å². The lowest BCUT2D eigenvalue weighted by atomic mass is 10.0. The van der Waals surface area contributed by atoms with Gasteiger partial charge in [-0.05, 0) is 37.6 Å². The second kappa shape index (κ2) is 4.72. The van der Waals surface area contributed by atoms with E-state index in [1.54, 1.807) is 0 Å². The molecule has 1 aromatic carbocycles. The summed E-state index contributed by atoms with van der Waals surface area (Å²) in [5, 5.41) is 13.1. The average Bonchev–Trinajstić information content (AvgIpc) is 2.28. The molecule has 0 bridgehead atoms. The van der Waals surface area contributed by atoms with Crippen LogP contribution in [0, 0.1) is 0 Å². The Morgan fingerprint density at radius 3 is 3.19 bits per heavy atom. The molecule has 0 saturated carbocycles. The van der Waals surface area contributed by atoms with Crippen LogP contribution < -0.4 is 15.8 Å². The van der Waals surface area contributed by atoms with Gasteiger partial charge in [0.15, 0.2) is 0 Å². The average molecular weight is 222 g/mol. The molecule has 0 radical (unpaired) electrons. The molecule has 88 valence electrons. The van der Waals surface area contributed by atoms with E-state index in [1.165, 1.54) is 0 Å². The maximum Gasteiger partial charge on any atom is 0.142 e. The van der Waals surface area contributed by atoms with Crippen LogP contribution in [-0.4, -0.2) is 24.3 Å². The molecule has 0 saturated heterocycles. The summed E-state index contributed by atoms with van der Waals surface area (Å²) in [6, 6.07) is 5.72. The van der Waals surface area contributed by atoms with Crippen molar-refractivity contribution in [3.8, 4) is 5.75 Å². The van der Waals surface area contributed by atoms with E-state index in [0.29, 0.717) is 13.0 Å². The first-order valence-corrected chi connectivity index (χ1v) is 5.63. The van der Waals surface area contributed by atoms with Crippen LogP contribution in [0.2, 0.25) is 0 Å². The summed E-state index contributed by atoms with van der Waals surface area (Å²) in [5.74, 6) is 0.849. The Kier molecular flexibility index (Phi) is 3.31. The van der Waals surface area contributed by atoms with E-state index in [0.717, 1.165) is 23.5 Å². The van der Waals surface area contributed by atoms with E-state index in [-0.39, 0.29) is 6.10 Å². The first-order valence-electron chi connectivity index (χ1n) is 5.63. The highest BCUT2D eigenvalue weighted by atomic mass is 16.5. The fraction of sp³-hybridized carbons (Fsp3) is 0.500. The standard InChI is InChI=1S/C12H18N2O2/c1-8-7-14-10-6-9(11(15)4-5-13)2-3-12(10)16-8/h2-3,6,8,11,14-15H,4-5,7,13H2,1H3. The van der Waals surface area contributed by atoms with Gasteiger partial charge in [-0.25, -0.2) is 0 Å². The van der Waals surface area contributed by atoms with Gasteiger partial charge in [-0.15, -0.1) is 0 Å². The minimum atomic E-state index is -0.489. The van der Waals surface area contributed by atoms with Crippen molar-refractivity contribution in [2.45, 2.75) is 25.6 Å². The molecule has 1 heterocycles. The predicted molar refractivity (Wildman–Crippen MR) is 63.7 cm³/mol. The maximum atomic E-state index is 9.83. The Morgan fingerprint density at radius 2 is 2.44 bits per heavy atom. The van der Waals surface area contributed by atoms with E-state index in [2.05, 4.69) is 5.32 Å². The fourth-order valence-corrected chi connectivity index (χ4v) is 1.83. The van der Waals surface area contributed by atoms with Crippen LogP contribution in [0.25, 0.3) is 0 Å². The molecular formula is C12H18N2O2. The smallest absolute Gasteiger partial charge is 0.142 e. The SMILES string of the molecule is CC1CNc2cc(C(O)CCN)ccc2O1. The molecule has 4 N–H and O–H groups in total. The van der Waals surface area contributed by atoms with Gasteiger partial charge in [0, 0.05) is 0 Å². The van der Waals surface area contributed by atoms with Gasteiger partial charge in [0.25, 0.3) is 0 Å². The lowest BCUT2D eigenvalue weighted by Crippen LogP contribution is -2.27. The zero-order valence-electron chi connectivity index (χ0n) is 9.44. The van der Waals surface area contributed by atoms with Crippen LogP contribution >= 0.6 is 0 Å². The molecule has 1 aromatic rings. The molecule has 16 heavy (non-hydrogen) atoms. The van der Waals surface area contributed by atoms with Gasteiger partial charge >= 0.3 is 0 Å². The Hall–Kier alpha value is -1.26. The lowest BCUT2D eigenvalue weighted by molar-refractivity contribution is 0.170. The van der Waals surface area contributed by atoms with Crippen LogP contribution in [0.4, 0.5) is 5.69 Å². The predicted octanol–water partition coefficient (Wildman–Crippen LogP) is 1.26. The van der Waals surface area contributed by atoms with Crippen LogP contribution in [0.3, 0.4) is 0 Å². The van der Waals surface area contributed by atoms with Crippen LogP contribution in [0.1, 0.15) is 25.0 Å². The third-order valence-corrected chi connectivity index (χ3v) is 2.74. The highest BCUT2D eigenvalue weighted by Crippen LogP contribution is 2.32. The number of nitrogens with one attached hydrogen (secondary N) is 1. The van der Waals surface area contributed by atoms with Gasteiger partial charge in [0.05, 0.1) is 18.3 Å². The number of nitrogens with two attached hydrogens (primary N) is 1. The minimum Gasteiger partial charge on any atom is -0.487 e. The van der Waals surface area contributed by atoms with Crippen molar-refractivity contribution in [3.05, 3.63) is 23.8 Å². The number of fused-ring (bicyclic) bond motifs is 1. The second-order valence-corrected chi connectivity index (χ2v) is 4.16. The summed E-state index contributed by atoms with van der Waals surface area (Å²) in [5.41, 5.74) is 7.26. The van der Waals surface area contributed by atoms with Gasteiger partial charge in [0.1, 0.15) is 11.9 Å². The number of aliphatic hydroxyl groups excluding tert-OH is 1. The molecule has 2 rings (SSSR count). The molecule has 4 nitrogen and oxygen atoms in total. The topological polar surface area (TPSA) is 67.5 Å². The molecule has 1 aliphatic heterocycles. The zero-order chi connectivity index (χ0) is 11.5. The van der Waals surface area contributed by atoms with Gasteiger partial charge in [-0.1, -0.05) is 6.07 Å². The van der Waals surface area contributed by atoms with Gasteiger partial charge in [-0.2, -0.15) is 0 Å². The molecule has 0 aliphatic carbocycles. The van der Waals surface area contributed by atoms with Gasteiger partial charge in [0.2, 0.25) is 0 Å². The normalized spacial score (nSPS) is 20.6. The third kappa shape index (κ3) is 2.28. The van der Waals surface area contributed by atoms with Crippen LogP contribution in [0.15, 0.2) is 18.2 Å². The number of hydrogen-bond donors (Lipinski definition) is 3. The number of anilines is 1. The van der Waals surface area contributed by atoms with Crippen LogP contribution in [0.5, 0.6) is 5.75 Å². The molecule has 0 spiro atoms. The van der Waals surface area contributed by atoms with E-state index >= 15 is 0 Å². The molecule has 4 heteroatoms. The van der Waals surface area contributed by atoms with Gasteiger partial charge < -0.3 is 20.9 Å². The molecule has 0 fully saturated rings. The Balaban J connectivity index is 2.19. The number of hydrogen-bond acceptors (Lipinski definition) is 4. The first kappa shape index (κ1) is 11.2. The zero-order valence-corrected chi connectivity index (χ0v) is 9.44. The highest BCUT2D eigenvalue weighted by molar-refractivity contribution is 5.59. The van der Waals surface area contributed by atoms with E-state index in [1.807, 2.05) is 25.1 Å². The van der Waals surface area contributed by atoms with Crippen molar-refractivity contribution < 1.29 is 9.84 Å². The van der Waals surface area contributed by atoms with Crippen molar-refractivity contribution in [1.29, 1.82) is 0 Å².